The van der Waals surface area contributed by atoms with Crippen LogP contribution in [0.3, 0.4) is 0 Å². The molecule has 1 aromatic carbocycles. The first kappa shape index (κ1) is 11.3. The molecule has 0 aliphatic rings. The molecular formula is C12H12N2O3. The van der Waals surface area contributed by atoms with Crippen molar-refractivity contribution in [1.82, 2.24) is 10.1 Å². The summed E-state index contributed by atoms with van der Waals surface area (Å²) < 4.78 is 4.82. The van der Waals surface area contributed by atoms with Crippen LogP contribution in [0, 0.1) is 0 Å². The van der Waals surface area contributed by atoms with Gasteiger partial charge in [-0.2, -0.15) is 4.98 Å². The van der Waals surface area contributed by atoms with E-state index in [-0.39, 0.29) is 12.3 Å². The Labute approximate surface area is 98.1 Å². The Balaban J connectivity index is 1.91. The van der Waals surface area contributed by atoms with E-state index in [1.54, 1.807) is 0 Å². The molecule has 0 bridgehead atoms. The van der Waals surface area contributed by atoms with Crippen molar-refractivity contribution >= 4 is 5.97 Å². The van der Waals surface area contributed by atoms with Gasteiger partial charge in [-0.15, -0.1) is 0 Å². The van der Waals surface area contributed by atoms with Crippen molar-refractivity contribution in [3.63, 3.8) is 0 Å². The van der Waals surface area contributed by atoms with E-state index in [0.717, 1.165) is 6.42 Å². The third-order valence-electron chi connectivity index (χ3n) is 2.29. The van der Waals surface area contributed by atoms with Gasteiger partial charge in [0.2, 0.25) is 5.89 Å². The monoisotopic (exact) mass is 232 g/mol. The van der Waals surface area contributed by atoms with Crippen LogP contribution in [-0.4, -0.2) is 21.2 Å². The lowest BCUT2D eigenvalue weighted by molar-refractivity contribution is -0.136. The van der Waals surface area contributed by atoms with Gasteiger partial charge in [0.15, 0.2) is 5.82 Å². The van der Waals surface area contributed by atoms with Gasteiger partial charge in [0.25, 0.3) is 0 Å². The Morgan fingerprint density at radius 2 is 2.00 bits per heavy atom. The zero-order chi connectivity index (χ0) is 12.1. The zero-order valence-corrected chi connectivity index (χ0v) is 9.17. The number of carboxylic acid groups (broad SMARTS) is 1. The molecule has 5 heteroatoms. The average molecular weight is 232 g/mol. The van der Waals surface area contributed by atoms with Crippen LogP contribution in [-0.2, 0) is 24.1 Å². The van der Waals surface area contributed by atoms with E-state index in [1.807, 2.05) is 30.3 Å². The Morgan fingerprint density at radius 1 is 1.24 bits per heavy atom. The molecule has 0 saturated heterocycles. The number of aromatic nitrogens is 2. The van der Waals surface area contributed by atoms with Crippen LogP contribution in [0.4, 0.5) is 0 Å². The Hall–Kier alpha value is -2.17. The molecule has 0 aliphatic heterocycles. The van der Waals surface area contributed by atoms with Gasteiger partial charge in [-0.3, -0.25) is 4.79 Å². The van der Waals surface area contributed by atoms with Crippen LogP contribution < -0.4 is 0 Å². The van der Waals surface area contributed by atoms with E-state index < -0.39 is 5.97 Å². The molecule has 1 heterocycles. The van der Waals surface area contributed by atoms with E-state index in [1.165, 1.54) is 5.56 Å². The summed E-state index contributed by atoms with van der Waals surface area (Å²) in [4.78, 5) is 14.4. The summed E-state index contributed by atoms with van der Waals surface area (Å²) in [5.41, 5.74) is 1.19. The molecule has 0 aliphatic carbocycles. The maximum atomic E-state index is 10.4. The van der Waals surface area contributed by atoms with Crippen molar-refractivity contribution in [3.05, 3.63) is 47.6 Å². The normalized spacial score (nSPS) is 10.4. The van der Waals surface area contributed by atoms with Gasteiger partial charge in [-0.1, -0.05) is 35.5 Å². The minimum absolute atomic E-state index is 0.153. The van der Waals surface area contributed by atoms with Crippen LogP contribution >= 0.6 is 0 Å². The molecule has 17 heavy (non-hydrogen) atoms. The number of aryl methyl sites for hydroxylation is 2. The molecule has 1 aromatic heterocycles. The minimum Gasteiger partial charge on any atom is -0.481 e. The fourth-order valence-corrected chi connectivity index (χ4v) is 1.49. The number of nitrogens with zero attached hydrogens (tertiary/aromatic N) is 2. The first-order chi connectivity index (χ1) is 8.24. The largest absolute Gasteiger partial charge is 0.481 e. The van der Waals surface area contributed by atoms with Gasteiger partial charge in [0.1, 0.15) is 6.42 Å². The van der Waals surface area contributed by atoms with E-state index in [2.05, 4.69) is 10.1 Å². The summed E-state index contributed by atoms with van der Waals surface area (Å²) in [5.74, 6) is -0.270. The Morgan fingerprint density at radius 3 is 2.71 bits per heavy atom. The first-order valence-electron chi connectivity index (χ1n) is 5.31. The highest BCUT2D eigenvalue weighted by Gasteiger charge is 2.09. The quantitative estimate of drug-likeness (QED) is 0.845. The summed E-state index contributed by atoms with van der Waals surface area (Å²) in [6.45, 7) is 0. The predicted molar refractivity (Wildman–Crippen MR) is 59.5 cm³/mol. The summed E-state index contributed by atoms with van der Waals surface area (Å²) in [5, 5.41) is 12.3. The molecule has 5 nitrogen and oxygen atoms in total. The Kier molecular flexibility index (Phi) is 3.49. The van der Waals surface area contributed by atoms with Crippen LogP contribution in [0.2, 0.25) is 0 Å². The number of aliphatic carboxylic acids is 1. The molecule has 0 spiro atoms. The van der Waals surface area contributed by atoms with Crippen molar-refractivity contribution in [2.45, 2.75) is 19.3 Å². The second kappa shape index (κ2) is 5.25. The van der Waals surface area contributed by atoms with Crippen molar-refractivity contribution in [3.8, 4) is 0 Å². The smallest absolute Gasteiger partial charge is 0.312 e. The average Bonchev–Trinajstić information content (AvgIpc) is 2.75. The summed E-state index contributed by atoms with van der Waals surface area (Å²) in [6.07, 6.45) is 1.23. The highest BCUT2D eigenvalue weighted by atomic mass is 16.5. The second-order valence-electron chi connectivity index (χ2n) is 3.66. The molecule has 0 fully saturated rings. The Bertz CT molecular complexity index is 493. The molecule has 0 atom stereocenters. The van der Waals surface area contributed by atoms with Gasteiger partial charge in [0.05, 0.1) is 0 Å². The van der Waals surface area contributed by atoms with Crippen molar-refractivity contribution < 1.29 is 14.4 Å². The zero-order valence-electron chi connectivity index (χ0n) is 9.17. The first-order valence-corrected chi connectivity index (χ1v) is 5.31. The molecule has 2 rings (SSSR count). The van der Waals surface area contributed by atoms with Gasteiger partial charge < -0.3 is 9.63 Å². The summed E-state index contributed by atoms with van der Waals surface area (Å²) in [6, 6.07) is 9.96. The van der Waals surface area contributed by atoms with Crippen molar-refractivity contribution in [2.24, 2.45) is 0 Å². The van der Waals surface area contributed by atoms with Gasteiger partial charge >= 0.3 is 5.97 Å². The van der Waals surface area contributed by atoms with E-state index >= 15 is 0 Å². The topological polar surface area (TPSA) is 76.2 Å². The third-order valence-corrected chi connectivity index (χ3v) is 2.29. The number of carboxylic acids is 1. The standard InChI is InChI=1S/C12H12N2O3/c15-12(16)8-11-13-10(14-17-11)7-6-9-4-2-1-3-5-9/h1-5H,6-8H2,(H,15,16). The van der Waals surface area contributed by atoms with E-state index in [4.69, 9.17) is 9.63 Å². The number of carbonyl (C=O) groups is 1. The third kappa shape index (κ3) is 3.41. The minimum atomic E-state index is -0.969. The second-order valence-corrected chi connectivity index (χ2v) is 3.66. The van der Waals surface area contributed by atoms with E-state index in [9.17, 15) is 4.79 Å². The van der Waals surface area contributed by atoms with Crippen LogP contribution in [0.25, 0.3) is 0 Å². The van der Waals surface area contributed by atoms with Crippen LogP contribution in [0.1, 0.15) is 17.3 Å². The highest BCUT2D eigenvalue weighted by molar-refractivity contribution is 5.68. The van der Waals surface area contributed by atoms with E-state index in [0.29, 0.717) is 12.2 Å². The highest BCUT2D eigenvalue weighted by Crippen LogP contribution is 2.05. The number of hydrogen-bond donors (Lipinski definition) is 1. The lowest BCUT2D eigenvalue weighted by atomic mass is 10.1. The van der Waals surface area contributed by atoms with Gasteiger partial charge in [-0.25, -0.2) is 0 Å². The van der Waals surface area contributed by atoms with Crippen molar-refractivity contribution in [1.29, 1.82) is 0 Å². The molecule has 2 aromatic rings. The SMILES string of the molecule is O=C(O)Cc1nc(CCc2ccccc2)no1. The number of rotatable bonds is 5. The lowest BCUT2D eigenvalue weighted by Crippen LogP contribution is -2.00. The lowest BCUT2D eigenvalue weighted by Gasteiger charge is -1.96. The molecule has 0 unspecified atom stereocenters. The number of benzene rings is 1. The molecule has 0 saturated carbocycles. The van der Waals surface area contributed by atoms with Gasteiger partial charge in [0, 0.05) is 6.42 Å². The van der Waals surface area contributed by atoms with Crippen molar-refractivity contribution in [2.75, 3.05) is 0 Å². The fourth-order valence-electron chi connectivity index (χ4n) is 1.49. The molecule has 0 radical (unpaired) electrons. The maximum Gasteiger partial charge on any atom is 0.312 e. The maximum absolute atomic E-state index is 10.4. The molecule has 0 amide bonds. The molecule has 1 N–H and O–H groups in total. The predicted octanol–water partition coefficient (Wildman–Crippen LogP) is 1.48. The van der Waals surface area contributed by atoms with Crippen LogP contribution in [0.5, 0.6) is 0 Å². The fraction of sp³-hybridized carbons (Fsp3) is 0.250. The number of hydrogen-bond acceptors (Lipinski definition) is 4. The van der Waals surface area contributed by atoms with Crippen LogP contribution in [0.15, 0.2) is 34.9 Å². The summed E-state index contributed by atoms with van der Waals surface area (Å²) in [7, 11) is 0. The molecular weight excluding hydrogens is 220 g/mol. The summed E-state index contributed by atoms with van der Waals surface area (Å²) >= 11 is 0. The van der Waals surface area contributed by atoms with Gasteiger partial charge in [-0.05, 0) is 12.0 Å². The molecule has 88 valence electrons.